The van der Waals surface area contributed by atoms with Crippen LogP contribution in [0.3, 0.4) is 0 Å². The van der Waals surface area contributed by atoms with E-state index in [1.165, 1.54) is 49.5 Å². The highest BCUT2D eigenvalue weighted by Crippen LogP contribution is 2.21. The molecule has 0 aromatic heterocycles. The minimum Gasteiger partial charge on any atom is -0.513 e. The molecule has 0 saturated carbocycles. The molecule has 0 amide bonds. The number of hydrogen-bond donors (Lipinski definition) is 2. The molecular formula is C16H20O4S. The Labute approximate surface area is 126 Å². The van der Waals surface area contributed by atoms with Gasteiger partial charge in [-0.3, -0.25) is 0 Å². The van der Waals surface area contributed by atoms with Gasteiger partial charge in [-0.05, 0) is 50.3 Å². The first kappa shape index (κ1) is 18.7. The van der Waals surface area contributed by atoms with E-state index in [0.29, 0.717) is 0 Å². The van der Waals surface area contributed by atoms with Crippen molar-refractivity contribution in [2.24, 2.45) is 0 Å². The molecule has 0 spiro atoms. The molecule has 0 saturated heterocycles. The second kappa shape index (κ2) is 8.81. The fourth-order valence-electron chi connectivity index (χ4n) is 1.27. The van der Waals surface area contributed by atoms with E-state index in [9.17, 15) is 8.42 Å². The van der Waals surface area contributed by atoms with Crippen LogP contribution in [0.1, 0.15) is 13.8 Å². The van der Waals surface area contributed by atoms with Crippen LogP contribution in [0.15, 0.2) is 83.1 Å². The van der Waals surface area contributed by atoms with Crippen molar-refractivity contribution in [3.05, 3.63) is 83.1 Å². The topological polar surface area (TPSA) is 74.6 Å². The zero-order valence-corrected chi connectivity index (χ0v) is 13.0. The quantitative estimate of drug-likeness (QED) is 0.550. The van der Waals surface area contributed by atoms with Crippen molar-refractivity contribution in [1.82, 2.24) is 0 Å². The SMILES string of the molecule is C=C/C=C(\C=C/C(=C)O)S(=O)(=O)C(/C=C\C)=C/C=C(\C)O. The normalized spacial score (nSPS) is 14.9. The summed E-state index contributed by atoms with van der Waals surface area (Å²) < 4.78 is 25.1. The molecule has 0 aliphatic carbocycles. The van der Waals surface area contributed by atoms with E-state index in [1.807, 2.05) is 0 Å². The molecule has 4 nitrogen and oxygen atoms in total. The predicted octanol–water partition coefficient (Wildman–Crippen LogP) is 4.02. The van der Waals surface area contributed by atoms with Gasteiger partial charge in [0.15, 0.2) is 0 Å². The van der Waals surface area contributed by atoms with Crippen LogP contribution in [-0.4, -0.2) is 18.6 Å². The van der Waals surface area contributed by atoms with E-state index in [1.54, 1.807) is 13.0 Å². The molecule has 0 heterocycles. The summed E-state index contributed by atoms with van der Waals surface area (Å²) in [6, 6.07) is 0. The molecule has 0 radical (unpaired) electrons. The molecule has 0 aliphatic heterocycles. The number of rotatable bonds is 7. The molecule has 0 aromatic rings. The zero-order chi connectivity index (χ0) is 16.5. The van der Waals surface area contributed by atoms with E-state index >= 15 is 0 Å². The van der Waals surface area contributed by atoms with Crippen molar-refractivity contribution in [2.45, 2.75) is 13.8 Å². The summed E-state index contributed by atoms with van der Waals surface area (Å²) in [6.07, 6.45) is 10.6. The van der Waals surface area contributed by atoms with Gasteiger partial charge >= 0.3 is 0 Å². The Hall–Kier alpha value is -2.27. The first-order valence-corrected chi connectivity index (χ1v) is 7.58. The smallest absolute Gasteiger partial charge is 0.206 e. The highest BCUT2D eigenvalue weighted by atomic mass is 32.2. The average Bonchev–Trinajstić information content (AvgIpc) is 2.38. The van der Waals surface area contributed by atoms with Crippen LogP contribution in [0.4, 0.5) is 0 Å². The molecule has 21 heavy (non-hydrogen) atoms. The number of sulfone groups is 1. The number of hydrogen-bond acceptors (Lipinski definition) is 4. The second-order valence-electron chi connectivity index (χ2n) is 4.01. The molecule has 2 N–H and O–H groups in total. The minimum atomic E-state index is -3.81. The number of aliphatic hydroxyl groups excluding tert-OH is 2. The molecule has 0 aromatic carbocycles. The Morgan fingerprint density at radius 2 is 1.57 bits per heavy atom. The summed E-state index contributed by atoms with van der Waals surface area (Å²) in [5.41, 5.74) is 0. The van der Waals surface area contributed by atoms with Gasteiger partial charge in [0.2, 0.25) is 9.84 Å². The maximum absolute atomic E-state index is 12.5. The largest absolute Gasteiger partial charge is 0.513 e. The summed E-state index contributed by atoms with van der Waals surface area (Å²) in [5.74, 6) is -0.274. The van der Waals surface area contributed by atoms with Crippen LogP contribution in [0, 0.1) is 0 Å². The van der Waals surface area contributed by atoms with Crippen molar-refractivity contribution >= 4 is 9.84 Å². The maximum Gasteiger partial charge on any atom is 0.206 e. The average molecular weight is 308 g/mol. The van der Waals surface area contributed by atoms with E-state index in [2.05, 4.69) is 13.2 Å². The fourth-order valence-corrected chi connectivity index (χ4v) is 2.62. The van der Waals surface area contributed by atoms with Gasteiger partial charge in [0, 0.05) is 0 Å². The molecule has 0 atom stereocenters. The summed E-state index contributed by atoms with van der Waals surface area (Å²) in [5, 5.41) is 18.2. The molecule has 5 heteroatoms. The third-order valence-corrected chi connectivity index (χ3v) is 3.95. The third-order valence-electron chi connectivity index (χ3n) is 2.16. The second-order valence-corrected chi connectivity index (χ2v) is 5.96. The van der Waals surface area contributed by atoms with Gasteiger partial charge in [-0.25, -0.2) is 8.42 Å². The molecule has 114 valence electrons. The predicted molar refractivity (Wildman–Crippen MR) is 87.4 cm³/mol. The van der Waals surface area contributed by atoms with Crippen LogP contribution < -0.4 is 0 Å². The van der Waals surface area contributed by atoms with Gasteiger partial charge in [0.1, 0.15) is 5.76 Å². The lowest BCUT2D eigenvalue weighted by molar-refractivity contribution is 0.414. The van der Waals surface area contributed by atoms with Crippen molar-refractivity contribution in [2.75, 3.05) is 0 Å². The highest BCUT2D eigenvalue weighted by Gasteiger charge is 2.18. The molecular weight excluding hydrogens is 288 g/mol. The maximum atomic E-state index is 12.5. The van der Waals surface area contributed by atoms with Gasteiger partial charge < -0.3 is 10.2 Å². The minimum absolute atomic E-state index is 0.000276. The van der Waals surface area contributed by atoms with E-state index < -0.39 is 9.84 Å². The van der Waals surface area contributed by atoms with E-state index in [0.717, 1.165) is 0 Å². The monoisotopic (exact) mass is 308 g/mol. The Morgan fingerprint density at radius 1 is 1.00 bits per heavy atom. The van der Waals surface area contributed by atoms with Gasteiger partial charge in [-0.15, -0.1) is 0 Å². The van der Waals surface area contributed by atoms with Gasteiger partial charge in [-0.1, -0.05) is 25.3 Å². The highest BCUT2D eigenvalue weighted by molar-refractivity contribution is 7.99. The number of aliphatic hydroxyl groups is 2. The van der Waals surface area contributed by atoms with E-state index in [-0.39, 0.29) is 21.3 Å². The lowest BCUT2D eigenvalue weighted by atomic mass is 10.4. The van der Waals surface area contributed by atoms with Crippen LogP contribution >= 0.6 is 0 Å². The summed E-state index contributed by atoms with van der Waals surface area (Å²) >= 11 is 0. The Bertz CT molecular complexity index is 638. The lowest BCUT2D eigenvalue weighted by Gasteiger charge is -2.06. The fraction of sp³-hybridized carbons (Fsp3) is 0.125. The van der Waals surface area contributed by atoms with Crippen LogP contribution in [0.5, 0.6) is 0 Å². The standard InChI is InChI=1S/C16H20O4S/c1-5-7-15(11-9-13(3)17)21(19,20)16(8-6-2)12-10-14(4)18/h5-12,17-18H,1,3H2,2,4H3/b8-6-,11-9-,14-10+,15-7+,16-12+. The Kier molecular flexibility index (Phi) is 7.86. The van der Waals surface area contributed by atoms with Crippen molar-refractivity contribution in [3.8, 4) is 0 Å². The molecule has 0 rings (SSSR count). The van der Waals surface area contributed by atoms with Crippen LogP contribution in [0.2, 0.25) is 0 Å². The summed E-state index contributed by atoms with van der Waals surface area (Å²) in [4.78, 5) is -0.0549. The Balaban J connectivity index is 6.01. The first-order chi connectivity index (χ1) is 9.75. The third kappa shape index (κ3) is 6.63. The van der Waals surface area contributed by atoms with Crippen molar-refractivity contribution in [1.29, 1.82) is 0 Å². The van der Waals surface area contributed by atoms with Crippen molar-refractivity contribution in [3.63, 3.8) is 0 Å². The molecule has 0 bridgehead atoms. The molecule has 0 unspecified atom stereocenters. The van der Waals surface area contributed by atoms with Gasteiger partial charge in [0.05, 0.1) is 15.6 Å². The van der Waals surface area contributed by atoms with Crippen LogP contribution in [-0.2, 0) is 9.84 Å². The molecule has 0 fully saturated rings. The Morgan fingerprint density at radius 3 is 2.00 bits per heavy atom. The van der Waals surface area contributed by atoms with E-state index in [4.69, 9.17) is 10.2 Å². The number of allylic oxidation sites excluding steroid dienone is 9. The zero-order valence-electron chi connectivity index (χ0n) is 12.2. The summed E-state index contributed by atoms with van der Waals surface area (Å²) in [7, 11) is -3.81. The van der Waals surface area contributed by atoms with Gasteiger partial charge in [-0.2, -0.15) is 0 Å². The first-order valence-electron chi connectivity index (χ1n) is 6.09. The summed E-state index contributed by atoms with van der Waals surface area (Å²) in [6.45, 7) is 9.85. The van der Waals surface area contributed by atoms with Crippen LogP contribution in [0.25, 0.3) is 0 Å². The molecule has 0 aliphatic rings. The van der Waals surface area contributed by atoms with Crippen molar-refractivity contribution < 1.29 is 18.6 Å². The lowest BCUT2D eigenvalue weighted by Crippen LogP contribution is -2.04. The van der Waals surface area contributed by atoms with Gasteiger partial charge in [0.25, 0.3) is 0 Å².